The molecule has 0 unspecified atom stereocenters. The number of carboxylic acid groups (broad SMARTS) is 1. The molecule has 0 bridgehead atoms. The van der Waals surface area contributed by atoms with Gasteiger partial charge in [-0.3, -0.25) is 4.98 Å². The molecule has 0 fully saturated rings. The number of rotatable bonds is 3. The summed E-state index contributed by atoms with van der Waals surface area (Å²) in [5.74, 6) is -0.722. The number of hydrogen-bond acceptors (Lipinski definition) is 4. The fraction of sp³-hybridized carbons (Fsp3) is 0.250. The van der Waals surface area contributed by atoms with Crippen molar-refractivity contribution in [2.75, 3.05) is 6.61 Å². The second-order valence-electron chi connectivity index (χ2n) is 2.10. The van der Waals surface area contributed by atoms with Crippen LogP contribution in [-0.2, 0) is 0 Å². The van der Waals surface area contributed by atoms with Crippen LogP contribution in [0.25, 0.3) is 0 Å². The van der Waals surface area contributed by atoms with E-state index in [1.807, 2.05) is 6.92 Å². The van der Waals surface area contributed by atoms with Crippen LogP contribution in [-0.4, -0.2) is 17.6 Å². The monoisotopic (exact) mass is 205 g/mol. The molecule has 0 atom stereocenters. The molecule has 0 aliphatic carbocycles. The Morgan fingerprint density at radius 2 is 2.31 bits per heavy atom. The second kappa shape index (κ2) is 6.50. The number of pyridine rings is 1. The van der Waals surface area contributed by atoms with Gasteiger partial charge in [-0.15, -0.1) is 0 Å². The van der Waals surface area contributed by atoms with Gasteiger partial charge in [0, 0.05) is 0 Å². The minimum atomic E-state index is -1.28. The van der Waals surface area contributed by atoms with E-state index in [9.17, 15) is 9.90 Å². The quantitative estimate of drug-likeness (QED) is 0.489. The molecule has 1 rings (SSSR count). The van der Waals surface area contributed by atoms with E-state index >= 15 is 0 Å². The van der Waals surface area contributed by atoms with Gasteiger partial charge in [-0.1, -0.05) is 0 Å². The average Bonchev–Trinajstić information content (AvgIpc) is 2.06. The number of aromatic carboxylic acids is 1. The van der Waals surface area contributed by atoms with Crippen LogP contribution in [0.15, 0.2) is 18.3 Å². The Balaban J connectivity index is 0.00000144. The van der Waals surface area contributed by atoms with E-state index in [0.717, 1.165) is 0 Å². The molecular formula is C8H8KNO3. The summed E-state index contributed by atoms with van der Waals surface area (Å²) in [5.41, 5.74) is -0.0848. The molecule has 0 saturated carbocycles. The molecule has 1 aromatic rings. The van der Waals surface area contributed by atoms with E-state index in [-0.39, 0.29) is 57.1 Å². The van der Waals surface area contributed by atoms with E-state index in [1.54, 1.807) is 6.07 Å². The standard InChI is InChI=1S/C8H9NO3.K/c1-2-12-6-3-4-7(8(10)11)9-5-6;/h3-5H,2H2,1H3,(H,10,11);/q;+1/p-1. The molecule has 0 spiro atoms. The predicted octanol–water partition coefficient (Wildman–Crippen LogP) is -3.15. The van der Waals surface area contributed by atoms with Gasteiger partial charge in [-0.2, -0.15) is 0 Å². The number of carbonyl (C=O) groups excluding carboxylic acids is 1. The van der Waals surface area contributed by atoms with Crippen molar-refractivity contribution in [3.05, 3.63) is 24.0 Å². The maximum absolute atomic E-state index is 10.3. The summed E-state index contributed by atoms with van der Waals surface area (Å²) in [7, 11) is 0. The summed E-state index contributed by atoms with van der Waals surface area (Å²) >= 11 is 0. The number of hydrogen-bond donors (Lipinski definition) is 0. The Labute approximate surface area is 119 Å². The first-order chi connectivity index (χ1) is 5.74. The van der Waals surface area contributed by atoms with Crippen molar-refractivity contribution in [1.29, 1.82) is 0 Å². The van der Waals surface area contributed by atoms with E-state index < -0.39 is 5.97 Å². The predicted molar refractivity (Wildman–Crippen MR) is 39.7 cm³/mol. The van der Waals surface area contributed by atoms with Crippen molar-refractivity contribution in [2.45, 2.75) is 6.92 Å². The molecule has 0 saturated heterocycles. The van der Waals surface area contributed by atoms with Crippen molar-refractivity contribution in [1.82, 2.24) is 4.98 Å². The molecule has 13 heavy (non-hydrogen) atoms. The maximum atomic E-state index is 10.3. The van der Waals surface area contributed by atoms with Crippen LogP contribution >= 0.6 is 0 Å². The first-order valence-electron chi connectivity index (χ1n) is 3.54. The number of nitrogens with zero attached hydrogens (tertiary/aromatic N) is 1. The minimum Gasteiger partial charge on any atom is -0.543 e. The van der Waals surface area contributed by atoms with E-state index in [0.29, 0.717) is 12.4 Å². The summed E-state index contributed by atoms with van der Waals surface area (Å²) < 4.78 is 5.06. The van der Waals surface area contributed by atoms with Crippen LogP contribution in [0.1, 0.15) is 17.4 Å². The Hall–Kier alpha value is 0.0564. The van der Waals surface area contributed by atoms with Crippen LogP contribution < -0.4 is 61.2 Å². The van der Waals surface area contributed by atoms with Crippen molar-refractivity contribution < 1.29 is 66.0 Å². The zero-order chi connectivity index (χ0) is 8.97. The van der Waals surface area contributed by atoms with Gasteiger partial charge in [0.05, 0.1) is 24.5 Å². The fourth-order valence-electron chi connectivity index (χ4n) is 0.753. The fourth-order valence-corrected chi connectivity index (χ4v) is 0.753. The maximum Gasteiger partial charge on any atom is 1.00 e. The minimum absolute atomic E-state index is 0. The van der Waals surface area contributed by atoms with E-state index in [2.05, 4.69) is 4.98 Å². The van der Waals surface area contributed by atoms with Crippen LogP contribution in [0, 0.1) is 0 Å². The summed E-state index contributed by atoms with van der Waals surface area (Å²) in [6.45, 7) is 2.37. The number of carboxylic acids is 1. The van der Waals surface area contributed by atoms with Crippen LogP contribution in [0.5, 0.6) is 5.75 Å². The number of aromatic nitrogens is 1. The Morgan fingerprint density at radius 3 is 2.69 bits per heavy atom. The summed E-state index contributed by atoms with van der Waals surface area (Å²) in [4.78, 5) is 13.9. The molecule has 0 aromatic carbocycles. The SMILES string of the molecule is CCOc1ccc(C(=O)[O-])nc1.[K+]. The van der Waals surface area contributed by atoms with E-state index in [4.69, 9.17) is 4.74 Å². The largest absolute Gasteiger partial charge is 1.00 e. The molecular weight excluding hydrogens is 197 g/mol. The zero-order valence-corrected chi connectivity index (χ0v) is 10.7. The summed E-state index contributed by atoms with van der Waals surface area (Å²) in [6, 6.07) is 2.89. The molecule has 1 heterocycles. The van der Waals surface area contributed by atoms with Gasteiger partial charge in [-0.25, -0.2) is 0 Å². The van der Waals surface area contributed by atoms with Crippen molar-refractivity contribution in [2.24, 2.45) is 0 Å². The molecule has 64 valence electrons. The van der Waals surface area contributed by atoms with Gasteiger partial charge in [0.25, 0.3) is 0 Å². The van der Waals surface area contributed by atoms with Gasteiger partial charge in [0.15, 0.2) is 0 Å². The molecule has 0 amide bonds. The Morgan fingerprint density at radius 1 is 1.62 bits per heavy atom. The van der Waals surface area contributed by atoms with Gasteiger partial charge < -0.3 is 14.6 Å². The first kappa shape index (κ1) is 13.1. The third-order valence-electron chi connectivity index (χ3n) is 1.26. The molecule has 0 aliphatic rings. The summed E-state index contributed by atoms with van der Waals surface area (Å²) in [5, 5.41) is 10.3. The average molecular weight is 205 g/mol. The smallest absolute Gasteiger partial charge is 0.543 e. The van der Waals surface area contributed by atoms with Gasteiger partial charge >= 0.3 is 51.4 Å². The first-order valence-corrected chi connectivity index (χ1v) is 3.54. The molecule has 0 N–H and O–H groups in total. The van der Waals surface area contributed by atoms with Gasteiger partial charge in [0.1, 0.15) is 5.75 Å². The topological polar surface area (TPSA) is 62.2 Å². The van der Waals surface area contributed by atoms with Gasteiger partial charge in [-0.05, 0) is 19.1 Å². The number of carbonyl (C=O) groups is 1. The molecule has 0 aliphatic heterocycles. The van der Waals surface area contributed by atoms with Crippen LogP contribution in [0.2, 0.25) is 0 Å². The van der Waals surface area contributed by atoms with E-state index in [1.165, 1.54) is 12.3 Å². The molecule has 0 radical (unpaired) electrons. The zero-order valence-electron chi connectivity index (χ0n) is 7.61. The second-order valence-corrected chi connectivity index (χ2v) is 2.10. The normalized spacial score (nSPS) is 8.69. The van der Waals surface area contributed by atoms with Crippen molar-refractivity contribution >= 4 is 5.97 Å². The molecule has 5 heteroatoms. The molecule has 4 nitrogen and oxygen atoms in total. The molecule has 1 aromatic heterocycles. The Bertz CT molecular complexity index is 273. The van der Waals surface area contributed by atoms with Gasteiger partial charge in [0.2, 0.25) is 0 Å². The summed E-state index contributed by atoms with van der Waals surface area (Å²) in [6.07, 6.45) is 1.36. The van der Waals surface area contributed by atoms with Crippen LogP contribution in [0.4, 0.5) is 0 Å². The third kappa shape index (κ3) is 4.19. The number of ether oxygens (including phenoxy) is 1. The Kier molecular flexibility index (Phi) is 6.53. The van der Waals surface area contributed by atoms with Crippen molar-refractivity contribution in [3.63, 3.8) is 0 Å². The van der Waals surface area contributed by atoms with Crippen molar-refractivity contribution in [3.8, 4) is 5.75 Å². The van der Waals surface area contributed by atoms with Crippen LogP contribution in [0.3, 0.4) is 0 Å². The third-order valence-corrected chi connectivity index (χ3v) is 1.26.